The average molecular weight is 485 g/mol. The molecule has 0 bridgehead atoms. The predicted octanol–water partition coefficient (Wildman–Crippen LogP) is 4.70. The minimum atomic E-state index is -4.25. The number of carbonyl (C=O) groups excluding carboxylic acids is 1. The van der Waals surface area contributed by atoms with E-state index in [9.17, 15) is 13.2 Å². The van der Waals surface area contributed by atoms with Gasteiger partial charge in [0.2, 0.25) is 10.0 Å². The summed E-state index contributed by atoms with van der Waals surface area (Å²) in [4.78, 5) is 12.5. The number of esters is 1. The van der Waals surface area contributed by atoms with E-state index in [-0.39, 0.29) is 22.8 Å². The van der Waals surface area contributed by atoms with E-state index in [1.807, 2.05) is 6.07 Å². The number of hydrogen-bond acceptors (Lipinski definition) is 7. The summed E-state index contributed by atoms with van der Waals surface area (Å²) in [5.41, 5.74) is 1.01. The van der Waals surface area contributed by atoms with Crippen molar-refractivity contribution in [3.63, 3.8) is 0 Å². The SMILES string of the molecule is CCCCNc1cc(C(=O)OCc2ccc(OC)cc2)c(S(N)(=O)=O)cc1Oc1ccccc1. The monoisotopic (exact) mass is 484 g/mol. The lowest BCUT2D eigenvalue weighted by molar-refractivity contribution is 0.0468. The van der Waals surface area contributed by atoms with E-state index in [4.69, 9.17) is 19.3 Å². The molecule has 0 aliphatic heterocycles. The normalized spacial score (nSPS) is 11.0. The molecule has 0 saturated carbocycles. The van der Waals surface area contributed by atoms with Crippen molar-refractivity contribution in [1.82, 2.24) is 0 Å². The number of sulfonamides is 1. The Morgan fingerprint density at radius 2 is 1.71 bits per heavy atom. The number of benzene rings is 3. The number of methoxy groups -OCH3 is 1. The summed E-state index contributed by atoms with van der Waals surface area (Å²) >= 11 is 0. The molecular formula is C25H28N2O6S. The molecular weight excluding hydrogens is 456 g/mol. The van der Waals surface area contributed by atoms with E-state index >= 15 is 0 Å². The molecule has 0 aliphatic rings. The van der Waals surface area contributed by atoms with Gasteiger partial charge in [-0.2, -0.15) is 0 Å². The molecule has 0 amide bonds. The number of primary sulfonamides is 1. The molecule has 0 radical (unpaired) electrons. The van der Waals surface area contributed by atoms with Crippen LogP contribution in [0.3, 0.4) is 0 Å². The highest BCUT2D eigenvalue weighted by Crippen LogP contribution is 2.35. The highest BCUT2D eigenvalue weighted by molar-refractivity contribution is 7.89. The summed E-state index contributed by atoms with van der Waals surface area (Å²) in [6, 6.07) is 18.6. The van der Waals surface area contributed by atoms with Crippen LogP contribution in [0.5, 0.6) is 17.2 Å². The smallest absolute Gasteiger partial charge is 0.339 e. The Morgan fingerprint density at radius 3 is 2.32 bits per heavy atom. The molecule has 3 aromatic rings. The standard InChI is InChI=1S/C25H28N2O6S/c1-3-4-14-27-22-15-21(25(28)32-17-18-10-12-19(31-2)13-11-18)24(34(26,29)30)16-23(22)33-20-8-6-5-7-9-20/h5-13,15-16,27H,3-4,14,17H2,1-2H3,(H2,26,29,30). The summed E-state index contributed by atoms with van der Waals surface area (Å²) in [5, 5.41) is 8.66. The Kier molecular flexibility index (Phi) is 8.50. The fraction of sp³-hybridized carbons (Fsp3) is 0.240. The summed E-state index contributed by atoms with van der Waals surface area (Å²) in [7, 11) is -2.70. The molecule has 0 aliphatic carbocycles. The third-order valence-electron chi connectivity index (χ3n) is 4.95. The van der Waals surface area contributed by atoms with Gasteiger partial charge in [0, 0.05) is 12.6 Å². The Hall–Kier alpha value is -3.56. The molecule has 0 saturated heterocycles. The number of ether oxygens (including phenoxy) is 3. The number of para-hydroxylation sites is 1. The minimum Gasteiger partial charge on any atom is -0.497 e. The second-order valence-electron chi connectivity index (χ2n) is 7.51. The van der Waals surface area contributed by atoms with Crippen LogP contribution in [0.1, 0.15) is 35.7 Å². The van der Waals surface area contributed by atoms with Crippen molar-refractivity contribution in [2.45, 2.75) is 31.3 Å². The van der Waals surface area contributed by atoms with E-state index in [0.717, 1.165) is 18.4 Å². The molecule has 34 heavy (non-hydrogen) atoms. The maximum Gasteiger partial charge on any atom is 0.339 e. The zero-order chi connectivity index (χ0) is 24.6. The fourth-order valence-corrected chi connectivity index (χ4v) is 3.86. The molecule has 3 N–H and O–H groups in total. The number of unbranched alkanes of at least 4 members (excludes halogenated alkanes) is 1. The Balaban J connectivity index is 1.94. The van der Waals surface area contributed by atoms with Crippen molar-refractivity contribution in [2.24, 2.45) is 5.14 Å². The predicted molar refractivity (Wildman–Crippen MR) is 130 cm³/mol. The first kappa shape index (κ1) is 25.1. The molecule has 0 heterocycles. The second-order valence-corrected chi connectivity index (χ2v) is 9.04. The molecule has 0 atom stereocenters. The van der Waals surface area contributed by atoms with E-state index in [1.165, 1.54) is 12.1 Å². The van der Waals surface area contributed by atoms with E-state index < -0.39 is 16.0 Å². The van der Waals surface area contributed by atoms with Crippen LogP contribution < -0.4 is 19.9 Å². The Morgan fingerprint density at radius 1 is 1.00 bits per heavy atom. The van der Waals surface area contributed by atoms with Gasteiger partial charge in [-0.25, -0.2) is 18.4 Å². The largest absolute Gasteiger partial charge is 0.497 e. The molecule has 0 aromatic heterocycles. The van der Waals surface area contributed by atoms with Gasteiger partial charge in [-0.3, -0.25) is 0 Å². The third kappa shape index (κ3) is 6.72. The minimum absolute atomic E-state index is 0.0479. The number of nitrogens with one attached hydrogen (secondary N) is 1. The number of rotatable bonds is 11. The topological polar surface area (TPSA) is 117 Å². The fourth-order valence-electron chi connectivity index (χ4n) is 3.14. The highest BCUT2D eigenvalue weighted by atomic mass is 32.2. The Labute approximate surface area is 199 Å². The lowest BCUT2D eigenvalue weighted by atomic mass is 10.1. The van der Waals surface area contributed by atoms with Crippen molar-refractivity contribution in [2.75, 3.05) is 19.0 Å². The quantitative estimate of drug-likeness (QED) is 0.299. The Bertz CT molecular complexity index is 1210. The summed E-state index contributed by atoms with van der Waals surface area (Å²) in [5.74, 6) is 0.599. The molecule has 3 aromatic carbocycles. The van der Waals surface area contributed by atoms with Gasteiger partial charge < -0.3 is 19.5 Å². The molecule has 8 nitrogen and oxygen atoms in total. The van der Waals surface area contributed by atoms with E-state index in [1.54, 1.807) is 55.6 Å². The first-order chi connectivity index (χ1) is 16.3. The molecule has 9 heteroatoms. The van der Waals surface area contributed by atoms with Gasteiger partial charge >= 0.3 is 5.97 Å². The van der Waals surface area contributed by atoms with Gasteiger partial charge in [-0.05, 0) is 42.3 Å². The lowest BCUT2D eigenvalue weighted by Gasteiger charge is -2.17. The van der Waals surface area contributed by atoms with Crippen molar-refractivity contribution in [3.05, 3.63) is 77.9 Å². The number of carbonyl (C=O) groups is 1. The van der Waals surface area contributed by atoms with Crippen LogP contribution >= 0.6 is 0 Å². The summed E-state index contributed by atoms with van der Waals surface area (Å²) in [6.07, 6.45) is 1.83. The number of hydrogen-bond donors (Lipinski definition) is 2. The van der Waals surface area contributed by atoms with E-state index in [2.05, 4.69) is 12.2 Å². The second kappa shape index (κ2) is 11.5. The van der Waals surface area contributed by atoms with Crippen LogP contribution in [-0.2, 0) is 21.4 Å². The van der Waals surface area contributed by atoms with Gasteiger partial charge in [0.05, 0.1) is 18.4 Å². The van der Waals surface area contributed by atoms with E-state index in [0.29, 0.717) is 23.7 Å². The molecule has 180 valence electrons. The first-order valence-electron chi connectivity index (χ1n) is 10.8. The van der Waals surface area contributed by atoms with Crippen molar-refractivity contribution in [1.29, 1.82) is 0 Å². The van der Waals surface area contributed by atoms with Crippen molar-refractivity contribution >= 4 is 21.7 Å². The van der Waals surface area contributed by atoms with Crippen molar-refractivity contribution in [3.8, 4) is 17.2 Å². The molecule has 0 unspecified atom stereocenters. The maximum atomic E-state index is 12.9. The maximum absolute atomic E-state index is 12.9. The zero-order valence-corrected chi connectivity index (χ0v) is 19.9. The summed E-state index contributed by atoms with van der Waals surface area (Å²) in [6.45, 7) is 2.61. The third-order valence-corrected chi connectivity index (χ3v) is 5.90. The van der Waals surface area contributed by atoms with Gasteiger partial charge in [0.25, 0.3) is 0 Å². The van der Waals surface area contributed by atoms with Gasteiger partial charge in [-0.15, -0.1) is 0 Å². The van der Waals surface area contributed by atoms with Crippen LogP contribution in [0.2, 0.25) is 0 Å². The van der Waals surface area contributed by atoms with Crippen LogP contribution in [-0.4, -0.2) is 28.0 Å². The highest BCUT2D eigenvalue weighted by Gasteiger charge is 2.24. The number of nitrogens with two attached hydrogens (primary N) is 1. The summed E-state index contributed by atoms with van der Waals surface area (Å²) < 4.78 is 41.1. The number of anilines is 1. The van der Waals surface area contributed by atoms with Crippen LogP contribution in [0, 0.1) is 0 Å². The average Bonchev–Trinajstić information content (AvgIpc) is 2.83. The zero-order valence-electron chi connectivity index (χ0n) is 19.1. The molecule has 0 spiro atoms. The van der Waals surface area contributed by atoms with Gasteiger partial charge in [-0.1, -0.05) is 43.7 Å². The molecule has 0 fully saturated rings. The van der Waals surface area contributed by atoms with Gasteiger partial charge in [0.15, 0.2) is 5.75 Å². The van der Waals surface area contributed by atoms with Crippen molar-refractivity contribution < 1.29 is 27.4 Å². The van der Waals surface area contributed by atoms with Crippen LogP contribution in [0.15, 0.2) is 71.6 Å². The molecule has 3 rings (SSSR count). The lowest BCUT2D eigenvalue weighted by Crippen LogP contribution is -2.19. The van der Waals surface area contributed by atoms with Crippen LogP contribution in [0.4, 0.5) is 5.69 Å². The van der Waals surface area contributed by atoms with Crippen LogP contribution in [0.25, 0.3) is 0 Å². The van der Waals surface area contributed by atoms with Gasteiger partial charge in [0.1, 0.15) is 23.0 Å². The first-order valence-corrected chi connectivity index (χ1v) is 12.3.